The molecular formula is C32H50O6Si. The summed E-state index contributed by atoms with van der Waals surface area (Å²) in [4.78, 5) is 0. The van der Waals surface area contributed by atoms with Gasteiger partial charge >= 0.3 is 0 Å². The molecule has 1 saturated heterocycles. The van der Waals surface area contributed by atoms with Gasteiger partial charge in [0.25, 0.3) is 0 Å². The minimum absolute atomic E-state index is 0.0120. The van der Waals surface area contributed by atoms with Gasteiger partial charge in [-0.15, -0.1) is 0 Å². The van der Waals surface area contributed by atoms with Crippen molar-refractivity contribution in [2.45, 2.75) is 115 Å². The molecule has 2 aromatic rings. The molecule has 0 bridgehead atoms. The molecule has 0 aromatic heterocycles. The monoisotopic (exact) mass is 558 g/mol. The minimum Gasteiger partial charge on any atom is -0.411 e. The van der Waals surface area contributed by atoms with Gasteiger partial charge in [-0.05, 0) is 55.4 Å². The standard InChI is InChI=1S/C32H50O6Si/c1-31(2,3)39(5,6)38-30-22-28(36-24-26-16-11-8-12-17-26)27(37-29(18-13-20-33)32(30,4)34)19-21-35-23-25-14-9-7-10-15-25/h7-12,14-17,27-30,33-34H,13,18-24H2,1-6H3/t27-,28+,29+,30+,32+/m0/s1. The Morgan fingerprint density at radius 2 is 1.54 bits per heavy atom. The van der Waals surface area contributed by atoms with E-state index < -0.39 is 26.1 Å². The van der Waals surface area contributed by atoms with Crippen LogP contribution in [0.4, 0.5) is 0 Å². The van der Waals surface area contributed by atoms with Gasteiger partial charge in [0.2, 0.25) is 0 Å². The average molecular weight is 559 g/mol. The first-order valence-electron chi connectivity index (χ1n) is 14.4. The summed E-state index contributed by atoms with van der Waals surface area (Å²) in [6.45, 7) is 14.4. The molecule has 5 atom stereocenters. The molecular weight excluding hydrogens is 508 g/mol. The lowest BCUT2D eigenvalue weighted by Crippen LogP contribution is -2.56. The predicted molar refractivity (Wildman–Crippen MR) is 158 cm³/mol. The van der Waals surface area contributed by atoms with Crippen molar-refractivity contribution in [3.05, 3.63) is 71.8 Å². The summed E-state index contributed by atoms with van der Waals surface area (Å²) in [6.07, 6.45) is 0.699. The molecule has 0 radical (unpaired) electrons. The van der Waals surface area contributed by atoms with Crippen LogP contribution in [0, 0.1) is 0 Å². The van der Waals surface area contributed by atoms with Crippen molar-refractivity contribution in [2.24, 2.45) is 0 Å². The Labute approximate surface area is 236 Å². The fourth-order valence-electron chi connectivity index (χ4n) is 4.75. The normalized spacial score (nSPS) is 26.4. The van der Waals surface area contributed by atoms with E-state index in [1.165, 1.54) is 0 Å². The minimum atomic E-state index is -2.22. The maximum atomic E-state index is 12.0. The second kappa shape index (κ2) is 14.4. The smallest absolute Gasteiger partial charge is 0.192 e. The van der Waals surface area contributed by atoms with E-state index in [2.05, 4.69) is 58.1 Å². The second-order valence-corrected chi connectivity index (χ2v) is 17.3. The zero-order valence-corrected chi connectivity index (χ0v) is 25.8. The number of ether oxygens (including phenoxy) is 3. The molecule has 0 aliphatic carbocycles. The topological polar surface area (TPSA) is 77.4 Å². The molecule has 0 saturated carbocycles. The summed E-state index contributed by atoms with van der Waals surface area (Å²) < 4.78 is 26.2. The van der Waals surface area contributed by atoms with Crippen LogP contribution in [0.15, 0.2) is 60.7 Å². The van der Waals surface area contributed by atoms with E-state index in [1.807, 2.05) is 43.3 Å². The highest BCUT2D eigenvalue weighted by atomic mass is 28.4. The highest BCUT2D eigenvalue weighted by Gasteiger charge is 2.51. The van der Waals surface area contributed by atoms with Crippen LogP contribution in [-0.4, -0.2) is 61.8 Å². The Bertz CT molecular complexity index is 960. The van der Waals surface area contributed by atoms with Gasteiger partial charge in [0.15, 0.2) is 8.32 Å². The van der Waals surface area contributed by atoms with Crippen LogP contribution in [-0.2, 0) is 31.9 Å². The van der Waals surface area contributed by atoms with Crippen molar-refractivity contribution in [3.8, 4) is 0 Å². The zero-order chi connectivity index (χ0) is 28.5. The Kier molecular flexibility index (Phi) is 11.8. The SMILES string of the molecule is CC(C)(C)[Si](C)(C)O[C@@H]1C[C@@H](OCc2ccccc2)[C@H](CCOCc2ccccc2)O[C@H](CCCO)[C@@]1(C)O. The van der Waals surface area contributed by atoms with Crippen LogP contribution in [0.1, 0.15) is 64.5 Å². The molecule has 218 valence electrons. The van der Waals surface area contributed by atoms with Crippen molar-refractivity contribution in [1.82, 2.24) is 0 Å². The van der Waals surface area contributed by atoms with Crippen molar-refractivity contribution in [3.63, 3.8) is 0 Å². The maximum Gasteiger partial charge on any atom is 0.192 e. The molecule has 2 N–H and O–H groups in total. The van der Waals surface area contributed by atoms with Gasteiger partial charge < -0.3 is 28.8 Å². The van der Waals surface area contributed by atoms with Gasteiger partial charge in [-0.2, -0.15) is 0 Å². The first-order chi connectivity index (χ1) is 18.4. The van der Waals surface area contributed by atoms with E-state index in [9.17, 15) is 10.2 Å². The molecule has 1 heterocycles. The second-order valence-electron chi connectivity index (χ2n) is 12.5. The number of hydrogen-bond donors (Lipinski definition) is 2. The molecule has 2 aromatic carbocycles. The van der Waals surface area contributed by atoms with E-state index in [1.54, 1.807) is 0 Å². The van der Waals surface area contributed by atoms with Crippen molar-refractivity contribution in [1.29, 1.82) is 0 Å². The third-order valence-electron chi connectivity index (χ3n) is 8.34. The lowest BCUT2D eigenvalue weighted by molar-refractivity contribution is -0.164. The zero-order valence-electron chi connectivity index (χ0n) is 24.8. The third kappa shape index (κ3) is 9.22. The van der Waals surface area contributed by atoms with Crippen LogP contribution in [0.3, 0.4) is 0 Å². The summed E-state index contributed by atoms with van der Waals surface area (Å²) in [5, 5.41) is 21.6. The van der Waals surface area contributed by atoms with Gasteiger partial charge in [0.05, 0.1) is 37.6 Å². The van der Waals surface area contributed by atoms with E-state index >= 15 is 0 Å². The number of benzene rings is 2. The Hall–Kier alpha value is -1.58. The number of aliphatic hydroxyl groups is 2. The lowest BCUT2D eigenvalue weighted by atomic mass is 9.87. The van der Waals surface area contributed by atoms with Gasteiger partial charge in [-0.3, -0.25) is 0 Å². The summed E-state index contributed by atoms with van der Waals surface area (Å²) >= 11 is 0. The summed E-state index contributed by atoms with van der Waals surface area (Å²) in [5.74, 6) is 0. The molecule has 1 aliphatic rings. The lowest BCUT2D eigenvalue weighted by Gasteiger charge is -2.45. The summed E-state index contributed by atoms with van der Waals surface area (Å²) in [6, 6.07) is 20.3. The Balaban J connectivity index is 1.84. The highest BCUT2D eigenvalue weighted by molar-refractivity contribution is 6.74. The molecule has 0 amide bonds. The van der Waals surface area contributed by atoms with Crippen LogP contribution in [0.5, 0.6) is 0 Å². The van der Waals surface area contributed by atoms with Crippen molar-refractivity contribution < 1.29 is 28.8 Å². The Morgan fingerprint density at radius 3 is 2.10 bits per heavy atom. The number of rotatable bonds is 13. The summed E-state index contributed by atoms with van der Waals surface area (Å²) in [7, 11) is -2.22. The van der Waals surface area contributed by atoms with Gasteiger partial charge in [-0.1, -0.05) is 81.4 Å². The molecule has 0 unspecified atom stereocenters. The largest absolute Gasteiger partial charge is 0.411 e. The maximum absolute atomic E-state index is 12.0. The van der Waals surface area contributed by atoms with E-state index in [4.69, 9.17) is 18.6 Å². The van der Waals surface area contributed by atoms with E-state index in [-0.39, 0.29) is 23.9 Å². The average Bonchev–Trinajstić information content (AvgIpc) is 2.98. The van der Waals surface area contributed by atoms with Crippen molar-refractivity contribution in [2.75, 3.05) is 13.2 Å². The highest BCUT2D eigenvalue weighted by Crippen LogP contribution is 2.42. The van der Waals surface area contributed by atoms with Gasteiger partial charge in [-0.25, -0.2) is 0 Å². The molecule has 39 heavy (non-hydrogen) atoms. The van der Waals surface area contributed by atoms with Gasteiger partial charge in [0.1, 0.15) is 5.60 Å². The fraction of sp³-hybridized carbons (Fsp3) is 0.625. The molecule has 3 rings (SSSR count). The van der Waals surface area contributed by atoms with Crippen LogP contribution in [0.25, 0.3) is 0 Å². The quantitative estimate of drug-likeness (QED) is 0.224. The van der Waals surface area contributed by atoms with E-state index in [0.717, 1.165) is 11.1 Å². The number of hydrogen-bond acceptors (Lipinski definition) is 6. The fourth-order valence-corrected chi connectivity index (χ4v) is 6.15. The van der Waals surface area contributed by atoms with Gasteiger partial charge in [0, 0.05) is 19.6 Å². The molecule has 0 spiro atoms. The number of aliphatic hydroxyl groups excluding tert-OH is 1. The Morgan fingerprint density at radius 1 is 0.949 bits per heavy atom. The third-order valence-corrected chi connectivity index (χ3v) is 12.8. The molecule has 1 fully saturated rings. The molecule has 7 heteroatoms. The first kappa shape index (κ1) is 31.9. The molecule has 1 aliphatic heterocycles. The van der Waals surface area contributed by atoms with Crippen LogP contribution >= 0.6 is 0 Å². The first-order valence-corrected chi connectivity index (χ1v) is 17.3. The summed E-state index contributed by atoms with van der Waals surface area (Å²) in [5.41, 5.74) is 0.979. The van der Waals surface area contributed by atoms with Crippen LogP contribution in [0.2, 0.25) is 18.1 Å². The predicted octanol–water partition coefficient (Wildman–Crippen LogP) is 6.25. The van der Waals surface area contributed by atoms with Crippen molar-refractivity contribution >= 4 is 8.32 Å². The van der Waals surface area contributed by atoms with Crippen LogP contribution < -0.4 is 0 Å². The molecule has 6 nitrogen and oxygen atoms in total. The van der Waals surface area contributed by atoms with E-state index in [0.29, 0.717) is 45.5 Å².